The third-order valence-corrected chi connectivity index (χ3v) is 2.76. The Hall–Kier alpha value is -2.54. The standard InChI is InChI=1S/C13H13FN4O2/c1-8-2-5-12(19)18(17-8)7-10-6-9(13(20)16-15)3-4-11(10)14/h2-6H,7,15H2,1H3,(H,16,20). The number of aryl methyl sites for hydroxylation is 1. The molecule has 0 unspecified atom stereocenters. The van der Waals surface area contributed by atoms with E-state index in [4.69, 9.17) is 5.84 Å². The van der Waals surface area contributed by atoms with E-state index in [2.05, 4.69) is 5.10 Å². The van der Waals surface area contributed by atoms with Crippen molar-refractivity contribution in [2.24, 2.45) is 5.84 Å². The number of carbonyl (C=O) groups excluding carboxylic acids is 1. The highest BCUT2D eigenvalue weighted by atomic mass is 19.1. The third kappa shape index (κ3) is 2.89. The third-order valence-electron chi connectivity index (χ3n) is 2.76. The number of halogens is 1. The van der Waals surface area contributed by atoms with Crippen LogP contribution in [0.25, 0.3) is 0 Å². The van der Waals surface area contributed by atoms with Crippen molar-refractivity contribution in [2.45, 2.75) is 13.5 Å². The van der Waals surface area contributed by atoms with Crippen LogP contribution in [-0.2, 0) is 6.54 Å². The van der Waals surface area contributed by atoms with Gasteiger partial charge < -0.3 is 0 Å². The molecule has 1 aromatic carbocycles. The van der Waals surface area contributed by atoms with Gasteiger partial charge in [0, 0.05) is 17.2 Å². The summed E-state index contributed by atoms with van der Waals surface area (Å²) in [5.74, 6) is 3.98. The van der Waals surface area contributed by atoms with E-state index in [1.165, 1.54) is 18.2 Å². The molecule has 104 valence electrons. The van der Waals surface area contributed by atoms with Crippen LogP contribution in [0.15, 0.2) is 35.1 Å². The van der Waals surface area contributed by atoms with Crippen LogP contribution in [0.5, 0.6) is 0 Å². The summed E-state index contributed by atoms with van der Waals surface area (Å²) in [7, 11) is 0. The number of aromatic nitrogens is 2. The maximum atomic E-state index is 13.7. The molecule has 20 heavy (non-hydrogen) atoms. The number of hydrazine groups is 1. The van der Waals surface area contributed by atoms with Gasteiger partial charge in [-0.15, -0.1) is 0 Å². The molecule has 0 aliphatic rings. The first-order chi connectivity index (χ1) is 9.51. The average molecular weight is 276 g/mol. The van der Waals surface area contributed by atoms with Crippen LogP contribution in [0.1, 0.15) is 21.6 Å². The van der Waals surface area contributed by atoms with Gasteiger partial charge in [0.05, 0.1) is 12.2 Å². The van der Waals surface area contributed by atoms with Gasteiger partial charge in [-0.1, -0.05) is 0 Å². The van der Waals surface area contributed by atoms with Gasteiger partial charge in [-0.05, 0) is 31.2 Å². The van der Waals surface area contributed by atoms with E-state index in [-0.39, 0.29) is 23.2 Å². The Morgan fingerprint density at radius 1 is 1.40 bits per heavy atom. The van der Waals surface area contributed by atoms with E-state index in [9.17, 15) is 14.0 Å². The lowest BCUT2D eigenvalue weighted by Gasteiger charge is -2.08. The first-order valence-electron chi connectivity index (χ1n) is 5.85. The quantitative estimate of drug-likeness (QED) is 0.480. The van der Waals surface area contributed by atoms with Gasteiger partial charge in [0.2, 0.25) is 0 Å². The molecule has 0 bridgehead atoms. The summed E-state index contributed by atoms with van der Waals surface area (Å²) in [5.41, 5.74) is 2.66. The SMILES string of the molecule is Cc1ccc(=O)n(Cc2cc(C(=O)NN)ccc2F)n1. The summed E-state index contributed by atoms with van der Waals surface area (Å²) in [6.45, 7) is 1.67. The molecule has 0 saturated carbocycles. The summed E-state index contributed by atoms with van der Waals surface area (Å²) in [5, 5.41) is 4.02. The molecule has 0 saturated heterocycles. The second kappa shape index (κ2) is 5.62. The van der Waals surface area contributed by atoms with Crippen LogP contribution in [-0.4, -0.2) is 15.7 Å². The Balaban J connectivity index is 2.40. The van der Waals surface area contributed by atoms with Crippen LogP contribution in [0.2, 0.25) is 0 Å². The lowest BCUT2D eigenvalue weighted by molar-refractivity contribution is 0.0953. The topological polar surface area (TPSA) is 90.0 Å². The van der Waals surface area contributed by atoms with Gasteiger partial charge in [-0.3, -0.25) is 15.0 Å². The highest BCUT2D eigenvalue weighted by Gasteiger charge is 2.10. The smallest absolute Gasteiger partial charge is 0.267 e. The summed E-state index contributed by atoms with van der Waals surface area (Å²) in [4.78, 5) is 23.0. The van der Waals surface area contributed by atoms with Gasteiger partial charge in [0.15, 0.2) is 0 Å². The van der Waals surface area contributed by atoms with Crippen molar-refractivity contribution < 1.29 is 9.18 Å². The van der Waals surface area contributed by atoms with Crippen molar-refractivity contribution in [1.29, 1.82) is 0 Å². The van der Waals surface area contributed by atoms with E-state index in [1.54, 1.807) is 13.0 Å². The van der Waals surface area contributed by atoms with Gasteiger partial charge in [-0.2, -0.15) is 5.10 Å². The van der Waals surface area contributed by atoms with Gasteiger partial charge in [0.1, 0.15) is 5.82 Å². The fourth-order valence-electron chi connectivity index (χ4n) is 1.75. The maximum absolute atomic E-state index is 13.7. The number of nitrogens with two attached hydrogens (primary N) is 1. The second-order valence-electron chi connectivity index (χ2n) is 4.25. The first kappa shape index (κ1) is 13.9. The summed E-state index contributed by atoms with van der Waals surface area (Å²) >= 11 is 0. The van der Waals surface area contributed by atoms with Crippen molar-refractivity contribution in [3.8, 4) is 0 Å². The molecule has 6 nitrogen and oxygen atoms in total. The number of benzene rings is 1. The summed E-state index contributed by atoms with van der Waals surface area (Å²) < 4.78 is 14.9. The molecule has 7 heteroatoms. The molecule has 0 aliphatic heterocycles. The fourth-order valence-corrected chi connectivity index (χ4v) is 1.75. The minimum atomic E-state index is -0.532. The molecule has 1 aromatic heterocycles. The minimum absolute atomic E-state index is 0.0575. The minimum Gasteiger partial charge on any atom is -0.290 e. The molecule has 0 spiro atoms. The summed E-state index contributed by atoms with van der Waals surface area (Å²) in [6.07, 6.45) is 0. The Bertz CT molecular complexity index is 712. The van der Waals surface area contributed by atoms with Crippen molar-refractivity contribution in [1.82, 2.24) is 15.2 Å². The Morgan fingerprint density at radius 3 is 2.85 bits per heavy atom. The molecule has 0 radical (unpaired) electrons. The second-order valence-corrected chi connectivity index (χ2v) is 4.25. The number of amides is 1. The molecule has 0 fully saturated rings. The molecule has 2 aromatic rings. The van der Waals surface area contributed by atoms with E-state index in [0.717, 1.165) is 10.7 Å². The number of nitrogens with zero attached hydrogens (tertiary/aromatic N) is 2. The molecule has 0 atom stereocenters. The lowest BCUT2D eigenvalue weighted by atomic mass is 10.1. The lowest BCUT2D eigenvalue weighted by Crippen LogP contribution is -2.30. The number of rotatable bonds is 3. The van der Waals surface area contributed by atoms with E-state index >= 15 is 0 Å². The maximum Gasteiger partial charge on any atom is 0.267 e. The van der Waals surface area contributed by atoms with Gasteiger partial charge >= 0.3 is 0 Å². The number of hydrogen-bond donors (Lipinski definition) is 2. The Morgan fingerprint density at radius 2 is 2.15 bits per heavy atom. The van der Waals surface area contributed by atoms with Gasteiger partial charge in [0.25, 0.3) is 11.5 Å². The van der Waals surface area contributed by atoms with Crippen LogP contribution in [0.3, 0.4) is 0 Å². The number of carbonyl (C=O) groups is 1. The molecule has 0 aliphatic carbocycles. The zero-order valence-electron chi connectivity index (χ0n) is 10.8. The first-order valence-corrected chi connectivity index (χ1v) is 5.85. The van der Waals surface area contributed by atoms with Gasteiger partial charge in [-0.25, -0.2) is 14.9 Å². The van der Waals surface area contributed by atoms with E-state index in [1.807, 2.05) is 5.43 Å². The zero-order valence-corrected chi connectivity index (χ0v) is 10.8. The molecule has 2 rings (SSSR count). The predicted molar refractivity (Wildman–Crippen MR) is 70.4 cm³/mol. The number of hydrogen-bond acceptors (Lipinski definition) is 4. The zero-order chi connectivity index (χ0) is 14.7. The molecular formula is C13H13FN4O2. The Labute approximate surface area is 114 Å². The monoisotopic (exact) mass is 276 g/mol. The molecule has 3 N–H and O–H groups in total. The largest absolute Gasteiger partial charge is 0.290 e. The molecular weight excluding hydrogens is 263 g/mol. The van der Waals surface area contributed by atoms with Crippen LogP contribution >= 0.6 is 0 Å². The van der Waals surface area contributed by atoms with Crippen molar-refractivity contribution in [3.05, 3.63) is 63.3 Å². The normalized spacial score (nSPS) is 10.3. The van der Waals surface area contributed by atoms with Crippen molar-refractivity contribution >= 4 is 5.91 Å². The van der Waals surface area contributed by atoms with Crippen molar-refractivity contribution in [3.63, 3.8) is 0 Å². The predicted octanol–water partition coefficient (Wildman–Crippen LogP) is 0.343. The van der Waals surface area contributed by atoms with Crippen LogP contribution in [0, 0.1) is 12.7 Å². The Kier molecular flexibility index (Phi) is 3.90. The van der Waals surface area contributed by atoms with E-state index in [0.29, 0.717) is 5.69 Å². The van der Waals surface area contributed by atoms with Crippen LogP contribution < -0.4 is 16.8 Å². The summed E-state index contributed by atoms with van der Waals surface area (Å²) in [6, 6.07) is 6.74. The average Bonchev–Trinajstić information content (AvgIpc) is 2.44. The van der Waals surface area contributed by atoms with Crippen LogP contribution in [0.4, 0.5) is 4.39 Å². The van der Waals surface area contributed by atoms with E-state index < -0.39 is 11.7 Å². The highest BCUT2D eigenvalue weighted by Crippen LogP contribution is 2.11. The fraction of sp³-hybridized carbons (Fsp3) is 0.154. The molecule has 1 amide bonds. The van der Waals surface area contributed by atoms with Crippen molar-refractivity contribution in [2.75, 3.05) is 0 Å². The number of nitrogen functional groups attached to an aromatic ring is 1. The molecule has 1 heterocycles. The number of nitrogens with one attached hydrogen (secondary N) is 1. The highest BCUT2D eigenvalue weighted by molar-refractivity contribution is 5.93.